The van der Waals surface area contributed by atoms with Crippen molar-refractivity contribution in [2.75, 3.05) is 6.54 Å². The Morgan fingerprint density at radius 2 is 1.82 bits per heavy atom. The molecule has 0 amide bonds. The van der Waals surface area contributed by atoms with Crippen LogP contribution in [0.5, 0.6) is 0 Å². The van der Waals surface area contributed by atoms with E-state index in [2.05, 4.69) is 25.7 Å². The number of hydrogen-bond acceptors (Lipinski definition) is 2. The standard InChI is InChI=1S/C14H25NO2/c1-10-12(13(16)17)6-9-15(10)11-4-7-14(2,3)8-5-11/h10-12H,4-9H2,1-3H3,(H,16,17). The number of carboxylic acid groups (broad SMARTS) is 1. The second kappa shape index (κ2) is 4.60. The molecule has 1 saturated carbocycles. The molecular weight excluding hydrogens is 214 g/mol. The maximum absolute atomic E-state index is 11.1. The molecule has 0 spiro atoms. The first-order valence-corrected chi connectivity index (χ1v) is 6.89. The average molecular weight is 239 g/mol. The molecule has 1 N–H and O–H groups in total. The Bertz CT molecular complexity index is 291. The molecule has 2 unspecified atom stereocenters. The predicted octanol–water partition coefficient (Wildman–Crippen LogP) is 2.75. The summed E-state index contributed by atoms with van der Waals surface area (Å²) in [5.41, 5.74) is 0.492. The summed E-state index contributed by atoms with van der Waals surface area (Å²) in [6.45, 7) is 7.75. The first kappa shape index (κ1) is 12.9. The molecule has 2 aliphatic rings. The lowest BCUT2D eigenvalue weighted by molar-refractivity contribution is -0.142. The molecule has 0 aromatic rings. The third-order valence-corrected chi connectivity index (χ3v) is 4.90. The molecule has 0 aromatic heterocycles. The van der Waals surface area contributed by atoms with E-state index in [0.29, 0.717) is 11.5 Å². The van der Waals surface area contributed by atoms with Crippen molar-refractivity contribution in [1.29, 1.82) is 0 Å². The number of likely N-dealkylation sites (tertiary alicyclic amines) is 1. The number of carboxylic acids is 1. The first-order chi connectivity index (χ1) is 7.91. The minimum Gasteiger partial charge on any atom is -0.481 e. The van der Waals surface area contributed by atoms with Gasteiger partial charge in [0.25, 0.3) is 0 Å². The van der Waals surface area contributed by atoms with E-state index in [1.54, 1.807) is 0 Å². The predicted molar refractivity (Wildman–Crippen MR) is 67.9 cm³/mol. The molecule has 0 radical (unpaired) electrons. The summed E-state index contributed by atoms with van der Waals surface area (Å²) in [5.74, 6) is -0.763. The van der Waals surface area contributed by atoms with Crippen LogP contribution in [0.4, 0.5) is 0 Å². The van der Waals surface area contributed by atoms with Gasteiger partial charge in [-0.15, -0.1) is 0 Å². The van der Waals surface area contributed by atoms with Gasteiger partial charge in [-0.25, -0.2) is 0 Å². The largest absolute Gasteiger partial charge is 0.481 e. The number of hydrogen-bond donors (Lipinski definition) is 1. The maximum atomic E-state index is 11.1. The van der Waals surface area contributed by atoms with Gasteiger partial charge in [0.15, 0.2) is 0 Å². The van der Waals surface area contributed by atoms with Crippen LogP contribution >= 0.6 is 0 Å². The smallest absolute Gasteiger partial charge is 0.308 e. The van der Waals surface area contributed by atoms with Crippen molar-refractivity contribution in [3.8, 4) is 0 Å². The Hall–Kier alpha value is -0.570. The lowest BCUT2D eigenvalue weighted by Gasteiger charge is -2.40. The lowest BCUT2D eigenvalue weighted by atomic mass is 9.75. The summed E-state index contributed by atoms with van der Waals surface area (Å²) in [6.07, 6.45) is 5.86. The summed E-state index contributed by atoms with van der Waals surface area (Å²) in [4.78, 5) is 13.6. The second-order valence-electron chi connectivity index (χ2n) is 6.61. The normalized spacial score (nSPS) is 35.0. The molecule has 1 aliphatic heterocycles. The van der Waals surface area contributed by atoms with Gasteiger partial charge in [0, 0.05) is 12.1 Å². The van der Waals surface area contributed by atoms with Crippen molar-refractivity contribution in [3.05, 3.63) is 0 Å². The fourth-order valence-electron chi connectivity index (χ4n) is 3.52. The number of carbonyl (C=O) groups is 1. The SMILES string of the molecule is CC1C(C(=O)O)CCN1C1CCC(C)(C)CC1. The number of aliphatic carboxylic acids is 1. The van der Waals surface area contributed by atoms with Crippen LogP contribution in [-0.4, -0.2) is 34.6 Å². The van der Waals surface area contributed by atoms with Gasteiger partial charge < -0.3 is 5.11 Å². The highest BCUT2D eigenvalue weighted by atomic mass is 16.4. The van der Waals surface area contributed by atoms with Crippen molar-refractivity contribution in [3.63, 3.8) is 0 Å². The highest BCUT2D eigenvalue weighted by Crippen LogP contribution is 2.39. The van der Waals surface area contributed by atoms with Crippen LogP contribution in [0.25, 0.3) is 0 Å². The summed E-state index contributed by atoms with van der Waals surface area (Å²) >= 11 is 0. The summed E-state index contributed by atoms with van der Waals surface area (Å²) < 4.78 is 0. The molecule has 1 saturated heterocycles. The van der Waals surface area contributed by atoms with E-state index in [0.717, 1.165) is 13.0 Å². The monoisotopic (exact) mass is 239 g/mol. The molecule has 1 heterocycles. The van der Waals surface area contributed by atoms with Gasteiger partial charge in [-0.1, -0.05) is 13.8 Å². The topological polar surface area (TPSA) is 40.5 Å². The number of rotatable bonds is 2. The highest BCUT2D eigenvalue weighted by molar-refractivity contribution is 5.71. The molecule has 98 valence electrons. The Balaban J connectivity index is 1.94. The zero-order valence-electron chi connectivity index (χ0n) is 11.3. The van der Waals surface area contributed by atoms with Gasteiger partial charge in [-0.2, -0.15) is 0 Å². The van der Waals surface area contributed by atoms with Crippen LogP contribution in [0.1, 0.15) is 52.9 Å². The van der Waals surface area contributed by atoms with E-state index >= 15 is 0 Å². The van der Waals surface area contributed by atoms with Crippen molar-refractivity contribution in [2.45, 2.75) is 65.0 Å². The van der Waals surface area contributed by atoms with Gasteiger partial charge in [0.1, 0.15) is 0 Å². The van der Waals surface area contributed by atoms with Gasteiger partial charge >= 0.3 is 5.97 Å². The molecular formula is C14H25NO2. The van der Waals surface area contributed by atoms with Crippen molar-refractivity contribution >= 4 is 5.97 Å². The Labute approximate surface area is 104 Å². The van der Waals surface area contributed by atoms with Crippen LogP contribution in [0, 0.1) is 11.3 Å². The van der Waals surface area contributed by atoms with Gasteiger partial charge in [0.05, 0.1) is 5.92 Å². The van der Waals surface area contributed by atoms with E-state index in [1.807, 2.05) is 0 Å². The summed E-state index contributed by atoms with van der Waals surface area (Å²) in [6, 6.07) is 0.848. The molecule has 0 bridgehead atoms. The van der Waals surface area contributed by atoms with E-state index in [-0.39, 0.29) is 12.0 Å². The van der Waals surface area contributed by atoms with E-state index in [1.165, 1.54) is 25.7 Å². The number of nitrogens with zero attached hydrogens (tertiary/aromatic N) is 1. The fourth-order valence-corrected chi connectivity index (χ4v) is 3.52. The van der Waals surface area contributed by atoms with Gasteiger partial charge in [0.2, 0.25) is 0 Å². The fraction of sp³-hybridized carbons (Fsp3) is 0.929. The van der Waals surface area contributed by atoms with Crippen molar-refractivity contribution in [1.82, 2.24) is 4.90 Å². The molecule has 2 atom stereocenters. The van der Waals surface area contributed by atoms with Gasteiger partial charge in [-0.05, 0) is 51.0 Å². The van der Waals surface area contributed by atoms with E-state index < -0.39 is 5.97 Å². The minimum atomic E-state index is -0.615. The zero-order chi connectivity index (χ0) is 12.6. The molecule has 2 rings (SSSR count). The molecule has 17 heavy (non-hydrogen) atoms. The van der Waals surface area contributed by atoms with Crippen LogP contribution in [0.2, 0.25) is 0 Å². The summed E-state index contributed by atoms with van der Waals surface area (Å²) in [5, 5.41) is 9.16. The van der Waals surface area contributed by atoms with Crippen LogP contribution in [0.3, 0.4) is 0 Å². The van der Waals surface area contributed by atoms with Crippen LogP contribution in [0.15, 0.2) is 0 Å². The van der Waals surface area contributed by atoms with E-state index in [9.17, 15) is 4.79 Å². The third kappa shape index (κ3) is 2.65. The molecule has 2 fully saturated rings. The summed E-state index contributed by atoms with van der Waals surface area (Å²) in [7, 11) is 0. The quantitative estimate of drug-likeness (QED) is 0.805. The van der Waals surface area contributed by atoms with E-state index in [4.69, 9.17) is 5.11 Å². The first-order valence-electron chi connectivity index (χ1n) is 6.89. The maximum Gasteiger partial charge on any atom is 0.308 e. The minimum absolute atomic E-state index is 0.148. The van der Waals surface area contributed by atoms with Crippen LogP contribution < -0.4 is 0 Å². The van der Waals surface area contributed by atoms with Crippen molar-refractivity contribution < 1.29 is 9.90 Å². The molecule has 3 nitrogen and oxygen atoms in total. The Kier molecular flexibility index (Phi) is 3.48. The second-order valence-corrected chi connectivity index (χ2v) is 6.61. The van der Waals surface area contributed by atoms with Gasteiger partial charge in [-0.3, -0.25) is 9.69 Å². The molecule has 0 aromatic carbocycles. The molecule has 3 heteroatoms. The zero-order valence-corrected chi connectivity index (χ0v) is 11.3. The van der Waals surface area contributed by atoms with Crippen LogP contribution in [-0.2, 0) is 4.79 Å². The lowest BCUT2D eigenvalue weighted by Crippen LogP contribution is -2.43. The molecule has 1 aliphatic carbocycles. The third-order valence-electron chi connectivity index (χ3n) is 4.90. The highest BCUT2D eigenvalue weighted by Gasteiger charge is 2.40. The Morgan fingerprint density at radius 3 is 2.29 bits per heavy atom. The Morgan fingerprint density at radius 1 is 1.24 bits per heavy atom. The average Bonchev–Trinajstić information content (AvgIpc) is 2.60. The van der Waals surface area contributed by atoms with Crippen molar-refractivity contribution in [2.24, 2.45) is 11.3 Å².